The molecule has 3 aromatic carbocycles. The molecular weight excluding hydrogens is 526 g/mol. The van der Waals surface area contributed by atoms with Crippen molar-refractivity contribution in [3.8, 4) is 5.75 Å². The van der Waals surface area contributed by atoms with Gasteiger partial charge in [-0.15, -0.1) is 11.3 Å². The average molecular weight is 556 g/mol. The molecule has 1 aliphatic rings. The Hall–Kier alpha value is -4.50. The fourth-order valence-corrected chi connectivity index (χ4v) is 5.97. The number of hydrogen-bond donors (Lipinski definition) is 2. The monoisotopic (exact) mass is 555 g/mol. The fraction of sp³-hybridized carbons (Fsp3) is 0.226. The number of fused-ring (bicyclic) bond motifs is 2. The predicted octanol–water partition coefficient (Wildman–Crippen LogP) is 5.62. The molecule has 0 bridgehead atoms. The maximum Gasteiger partial charge on any atom is 0.341 e. The van der Waals surface area contributed by atoms with Crippen LogP contribution in [-0.4, -0.2) is 30.1 Å². The second-order valence-corrected chi connectivity index (χ2v) is 10.4. The maximum atomic E-state index is 12.6. The summed E-state index contributed by atoms with van der Waals surface area (Å²) in [6, 6.07) is 21.7. The molecule has 1 heterocycles. The lowest BCUT2D eigenvalue weighted by Crippen LogP contribution is -2.33. The van der Waals surface area contributed by atoms with E-state index in [2.05, 4.69) is 40.1 Å². The van der Waals surface area contributed by atoms with E-state index in [-0.39, 0.29) is 6.61 Å². The molecule has 4 aromatic rings. The summed E-state index contributed by atoms with van der Waals surface area (Å²) in [6.07, 6.45) is 2.54. The highest BCUT2D eigenvalue weighted by molar-refractivity contribution is 7.17. The van der Waals surface area contributed by atoms with Gasteiger partial charge in [0.1, 0.15) is 17.4 Å². The number of esters is 1. The highest BCUT2D eigenvalue weighted by atomic mass is 32.1. The minimum Gasteiger partial charge on any atom is -0.489 e. The first-order valence-electron chi connectivity index (χ1n) is 13.1. The molecule has 1 aliphatic carbocycles. The van der Waals surface area contributed by atoms with Gasteiger partial charge in [0, 0.05) is 4.88 Å². The van der Waals surface area contributed by atoms with Gasteiger partial charge in [-0.25, -0.2) is 10.2 Å². The van der Waals surface area contributed by atoms with E-state index in [1.807, 2.05) is 42.5 Å². The van der Waals surface area contributed by atoms with Crippen LogP contribution in [0.4, 0.5) is 5.00 Å². The Morgan fingerprint density at radius 2 is 1.73 bits per heavy atom. The number of ether oxygens (including phenoxy) is 2. The number of hydrogen-bond acceptors (Lipinski definition) is 7. The summed E-state index contributed by atoms with van der Waals surface area (Å²) in [6.45, 7) is 4.11. The van der Waals surface area contributed by atoms with Crippen molar-refractivity contribution >= 4 is 50.6 Å². The summed E-state index contributed by atoms with van der Waals surface area (Å²) < 4.78 is 11.2. The molecule has 0 atom stereocenters. The largest absolute Gasteiger partial charge is 0.489 e. The lowest BCUT2D eigenvalue weighted by Gasteiger charge is -2.10. The summed E-state index contributed by atoms with van der Waals surface area (Å²) in [5, 5.41) is 9.31. The molecule has 0 aliphatic heterocycles. The standard InChI is InChI=1S/C31H29N3O5S/c1-3-38-31(37)27-25-12-7-13-26(25)40-30(27)32-28(35)29(36)34-33-19(2)20-14-16-23(17-15-20)39-18-22-10-6-9-21-8-4-5-11-24(21)22/h4-6,8-11,14-17H,3,7,12-13,18H2,1-2H3,(H,32,35)(H,34,36). The van der Waals surface area contributed by atoms with Crippen LogP contribution >= 0.6 is 11.3 Å². The van der Waals surface area contributed by atoms with Gasteiger partial charge in [0.15, 0.2) is 0 Å². The van der Waals surface area contributed by atoms with Gasteiger partial charge < -0.3 is 14.8 Å². The van der Waals surface area contributed by atoms with Gasteiger partial charge in [-0.05, 0) is 84.8 Å². The van der Waals surface area contributed by atoms with E-state index in [1.165, 1.54) is 16.7 Å². The summed E-state index contributed by atoms with van der Waals surface area (Å²) in [5.41, 5.74) is 5.93. The van der Waals surface area contributed by atoms with Crippen LogP contribution in [0.2, 0.25) is 0 Å². The highest BCUT2D eigenvalue weighted by Crippen LogP contribution is 2.39. The molecule has 5 rings (SSSR count). The Morgan fingerprint density at radius 3 is 2.52 bits per heavy atom. The third kappa shape index (κ3) is 5.89. The molecule has 9 heteroatoms. The number of hydrazone groups is 1. The molecular formula is C31H29N3O5S. The SMILES string of the molecule is CCOC(=O)c1c(NC(=O)C(=O)NN=C(C)c2ccc(OCc3cccc4ccccc34)cc2)sc2c1CCC2. The number of thiophene rings is 1. The Morgan fingerprint density at radius 1 is 0.950 bits per heavy atom. The number of amides is 2. The van der Waals surface area contributed by atoms with Crippen molar-refractivity contribution in [3.05, 3.63) is 93.9 Å². The van der Waals surface area contributed by atoms with Crippen molar-refractivity contribution in [3.63, 3.8) is 0 Å². The summed E-state index contributed by atoms with van der Waals surface area (Å²) in [7, 11) is 0. The van der Waals surface area contributed by atoms with Gasteiger partial charge in [0.2, 0.25) is 0 Å². The lowest BCUT2D eigenvalue weighted by molar-refractivity contribution is -0.136. The number of carbonyl (C=O) groups excluding carboxylic acids is 3. The van der Waals surface area contributed by atoms with Gasteiger partial charge >= 0.3 is 17.8 Å². The topological polar surface area (TPSA) is 106 Å². The molecule has 8 nitrogen and oxygen atoms in total. The Kier molecular flexibility index (Phi) is 8.21. The third-order valence-electron chi connectivity index (χ3n) is 6.71. The van der Waals surface area contributed by atoms with Crippen LogP contribution in [0.1, 0.15) is 52.2 Å². The van der Waals surface area contributed by atoms with Gasteiger partial charge in [-0.2, -0.15) is 5.10 Å². The van der Waals surface area contributed by atoms with Crippen molar-refractivity contribution in [2.24, 2.45) is 5.10 Å². The van der Waals surface area contributed by atoms with Crippen molar-refractivity contribution in [2.75, 3.05) is 11.9 Å². The van der Waals surface area contributed by atoms with Crippen LogP contribution in [0.5, 0.6) is 5.75 Å². The van der Waals surface area contributed by atoms with E-state index in [4.69, 9.17) is 9.47 Å². The van der Waals surface area contributed by atoms with Crippen LogP contribution in [0.15, 0.2) is 71.8 Å². The molecule has 204 valence electrons. The van der Waals surface area contributed by atoms with E-state index in [9.17, 15) is 14.4 Å². The molecule has 0 spiro atoms. The van der Waals surface area contributed by atoms with Crippen LogP contribution in [0.3, 0.4) is 0 Å². The zero-order chi connectivity index (χ0) is 28.1. The van der Waals surface area contributed by atoms with Crippen LogP contribution in [0.25, 0.3) is 10.8 Å². The molecule has 40 heavy (non-hydrogen) atoms. The van der Waals surface area contributed by atoms with E-state index in [1.54, 1.807) is 13.8 Å². The number of nitrogens with one attached hydrogen (secondary N) is 2. The Labute approximate surface area is 236 Å². The quantitative estimate of drug-likeness (QED) is 0.127. The van der Waals surface area contributed by atoms with Crippen LogP contribution in [-0.2, 0) is 33.8 Å². The highest BCUT2D eigenvalue weighted by Gasteiger charge is 2.29. The molecule has 0 saturated heterocycles. The van der Waals surface area contributed by atoms with Crippen LogP contribution in [0, 0.1) is 0 Å². The molecule has 0 radical (unpaired) electrons. The first-order valence-corrected chi connectivity index (χ1v) is 13.9. The Bertz CT molecular complexity index is 1600. The van der Waals surface area contributed by atoms with Gasteiger partial charge in [-0.3, -0.25) is 9.59 Å². The van der Waals surface area contributed by atoms with Crippen molar-refractivity contribution < 1.29 is 23.9 Å². The summed E-state index contributed by atoms with van der Waals surface area (Å²) in [4.78, 5) is 38.6. The molecule has 1 aromatic heterocycles. The minimum atomic E-state index is -0.933. The van der Waals surface area contributed by atoms with E-state index >= 15 is 0 Å². The van der Waals surface area contributed by atoms with Gasteiger partial charge in [-0.1, -0.05) is 42.5 Å². The Balaban J connectivity index is 1.18. The zero-order valence-electron chi connectivity index (χ0n) is 22.3. The van der Waals surface area contributed by atoms with E-state index < -0.39 is 17.8 Å². The number of aryl methyl sites for hydroxylation is 1. The smallest absolute Gasteiger partial charge is 0.341 e. The summed E-state index contributed by atoms with van der Waals surface area (Å²) >= 11 is 1.31. The van der Waals surface area contributed by atoms with Crippen molar-refractivity contribution in [1.29, 1.82) is 0 Å². The molecule has 2 amide bonds. The fourth-order valence-electron chi connectivity index (χ4n) is 4.69. The number of nitrogens with zero attached hydrogens (tertiary/aromatic N) is 1. The lowest BCUT2D eigenvalue weighted by atomic mass is 10.1. The average Bonchev–Trinajstić information content (AvgIpc) is 3.56. The number of carbonyl (C=O) groups is 3. The van der Waals surface area contributed by atoms with E-state index in [0.717, 1.165) is 46.2 Å². The van der Waals surface area contributed by atoms with Crippen molar-refractivity contribution in [1.82, 2.24) is 5.43 Å². The molecule has 0 unspecified atom stereocenters. The number of benzene rings is 3. The van der Waals surface area contributed by atoms with Gasteiger partial charge in [0.05, 0.1) is 17.9 Å². The number of rotatable bonds is 8. The molecule has 2 N–H and O–H groups in total. The first-order chi connectivity index (χ1) is 19.4. The predicted molar refractivity (Wildman–Crippen MR) is 156 cm³/mol. The van der Waals surface area contributed by atoms with Crippen LogP contribution < -0.4 is 15.5 Å². The van der Waals surface area contributed by atoms with Crippen molar-refractivity contribution in [2.45, 2.75) is 39.7 Å². The number of anilines is 1. The molecule has 0 fully saturated rings. The first kappa shape index (κ1) is 27.1. The zero-order valence-corrected chi connectivity index (χ0v) is 23.1. The maximum absolute atomic E-state index is 12.6. The second-order valence-electron chi connectivity index (χ2n) is 9.33. The minimum absolute atomic E-state index is 0.225. The van der Waals surface area contributed by atoms with E-state index in [0.29, 0.717) is 28.6 Å². The second kappa shape index (κ2) is 12.1. The third-order valence-corrected chi connectivity index (χ3v) is 7.91. The normalized spacial score (nSPS) is 12.6. The molecule has 0 saturated carbocycles. The van der Waals surface area contributed by atoms with Gasteiger partial charge in [0.25, 0.3) is 0 Å². The summed E-state index contributed by atoms with van der Waals surface area (Å²) in [5.74, 6) is -1.62.